The molecule has 0 unspecified atom stereocenters. The van der Waals surface area contributed by atoms with Crippen molar-refractivity contribution in [1.29, 1.82) is 0 Å². The summed E-state index contributed by atoms with van der Waals surface area (Å²) in [6, 6.07) is 13.4. The molecule has 0 aliphatic carbocycles. The van der Waals surface area contributed by atoms with Crippen LogP contribution in [-0.2, 0) is 9.59 Å². The molecule has 176 valence electrons. The molecule has 3 amide bonds. The molecule has 1 fully saturated rings. The van der Waals surface area contributed by atoms with E-state index < -0.39 is 0 Å². The number of anilines is 3. The van der Waals surface area contributed by atoms with Crippen molar-refractivity contribution in [2.45, 2.75) is 27.2 Å². The lowest BCUT2D eigenvalue weighted by Crippen LogP contribution is -2.47. The molecule has 0 spiro atoms. The lowest BCUT2D eigenvalue weighted by atomic mass is 10.1. The molecule has 1 aliphatic heterocycles. The number of rotatable bonds is 8. The van der Waals surface area contributed by atoms with Gasteiger partial charge in [-0.3, -0.25) is 19.3 Å². The van der Waals surface area contributed by atoms with E-state index in [0.717, 1.165) is 39.1 Å². The highest BCUT2D eigenvalue weighted by atomic mass is 16.2. The van der Waals surface area contributed by atoms with Crippen LogP contribution in [0.1, 0.15) is 36.2 Å². The van der Waals surface area contributed by atoms with Gasteiger partial charge in [-0.15, -0.1) is 0 Å². The zero-order valence-corrected chi connectivity index (χ0v) is 19.6. The first-order valence-corrected chi connectivity index (χ1v) is 11.3. The van der Waals surface area contributed by atoms with Gasteiger partial charge >= 0.3 is 0 Å². The van der Waals surface area contributed by atoms with Crippen LogP contribution in [0.15, 0.2) is 42.5 Å². The molecular formula is C25H33N5O3. The average Bonchev–Trinajstić information content (AvgIpc) is 2.76. The molecule has 3 rings (SSSR count). The van der Waals surface area contributed by atoms with Gasteiger partial charge in [0.05, 0.1) is 0 Å². The van der Waals surface area contributed by atoms with Gasteiger partial charge < -0.3 is 20.9 Å². The number of hydrogen-bond acceptors (Lipinski definition) is 5. The molecule has 1 saturated heterocycles. The number of nitrogens with one attached hydrogen (secondary N) is 3. The maximum atomic E-state index is 12.6. The summed E-state index contributed by atoms with van der Waals surface area (Å²) in [6.45, 7) is 10.4. The van der Waals surface area contributed by atoms with Crippen molar-refractivity contribution >= 4 is 34.8 Å². The molecule has 1 heterocycles. The number of amides is 3. The van der Waals surface area contributed by atoms with Crippen molar-refractivity contribution in [1.82, 2.24) is 10.2 Å². The van der Waals surface area contributed by atoms with Crippen molar-refractivity contribution in [2.24, 2.45) is 0 Å². The van der Waals surface area contributed by atoms with Crippen LogP contribution < -0.4 is 20.9 Å². The fourth-order valence-electron chi connectivity index (χ4n) is 3.97. The van der Waals surface area contributed by atoms with Gasteiger partial charge in [-0.2, -0.15) is 0 Å². The van der Waals surface area contributed by atoms with Crippen LogP contribution in [-0.4, -0.2) is 61.9 Å². The van der Waals surface area contributed by atoms with E-state index in [1.807, 2.05) is 0 Å². The molecule has 3 N–H and O–H groups in total. The van der Waals surface area contributed by atoms with E-state index in [4.69, 9.17) is 0 Å². The molecular weight excluding hydrogens is 418 g/mol. The summed E-state index contributed by atoms with van der Waals surface area (Å²) >= 11 is 0. The van der Waals surface area contributed by atoms with Crippen LogP contribution in [0.3, 0.4) is 0 Å². The summed E-state index contributed by atoms with van der Waals surface area (Å²) in [4.78, 5) is 40.3. The van der Waals surface area contributed by atoms with Gasteiger partial charge in [0.2, 0.25) is 11.8 Å². The standard InChI is InChI=1S/C25H33N5O3/c1-18-6-4-7-24(14-18)30-12-10-29(11-13-30)9-5-8-26-25(33)21-15-22(27-19(2)31)17-23(16-21)28-20(3)32/h4,6-7,14-17H,5,8-13H2,1-3H3,(H,26,33)(H,27,31)(H,28,32). The summed E-state index contributed by atoms with van der Waals surface area (Å²) in [5.41, 5.74) is 3.87. The molecule has 8 nitrogen and oxygen atoms in total. The van der Waals surface area contributed by atoms with Crippen molar-refractivity contribution in [3.05, 3.63) is 53.6 Å². The Labute approximate surface area is 195 Å². The Morgan fingerprint density at radius 1 is 0.879 bits per heavy atom. The second-order valence-corrected chi connectivity index (χ2v) is 8.44. The van der Waals surface area contributed by atoms with Crippen molar-refractivity contribution in [3.63, 3.8) is 0 Å². The van der Waals surface area contributed by atoms with Crippen molar-refractivity contribution in [3.8, 4) is 0 Å². The highest BCUT2D eigenvalue weighted by Gasteiger charge is 2.17. The van der Waals surface area contributed by atoms with Crippen LogP contribution in [0.2, 0.25) is 0 Å². The minimum absolute atomic E-state index is 0.238. The van der Waals surface area contributed by atoms with Gasteiger partial charge in [0.15, 0.2) is 0 Å². The lowest BCUT2D eigenvalue weighted by molar-refractivity contribution is -0.115. The summed E-state index contributed by atoms with van der Waals surface area (Å²) in [7, 11) is 0. The van der Waals surface area contributed by atoms with E-state index in [9.17, 15) is 14.4 Å². The molecule has 0 radical (unpaired) electrons. The molecule has 1 aliphatic rings. The first-order valence-electron chi connectivity index (χ1n) is 11.3. The number of hydrogen-bond donors (Lipinski definition) is 3. The summed E-state index contributed by atoms with van der Waals surface area (Å²) < 4.78 is 0. The van der Waals surface area contributed by atoms with Crippen molar-refractivity contribution in [2.75, 3.05) is 54.8 Å². The van der Waals surface area contributed by atoms with Gasteiger partial charge in [-0.05, 0) is 55.8 Å². The zero-order valence-electron chi connectivity index (χ0n) is 19.6. The number of carbonyl (C=O) groups excluding carboxylic acids is 3. The predicted molar refractivity (Wildman–Crippen MR) is 132 cm³/mol. The molecule has 0 aromatic heterocycles. The van der Waals surface area contributed by atoms with Crippen LogP contribution in [0.5, 0.6) is 0 Å². The molecule has 33 heavy (non-hydrogen) atoms. The Hall–Kier alpha value is -3.39. The van der Waals surface area contributed by atoms with E-state index >= 15 is 0 Å². The van der Waals surface area contributed by atoms with Gasteiger partial charge in [0.1, 0.15) is 0 Å². The average molecular weight is 452 g/mol. The Kier molecular flexibility index (Phi) is 8.43. The Balaban J connectivity index is 1.45. The molecule has 8 heteroatoms. The van der Waals surface area contributed by atoms with Gasteiger partial charge in [0, 0.05) is 69.2 Å². The minimum Gasteiger partial charge on any atom is -0.369 e. The topological polar surface area (TPSA) is 93.8 Å². The van der Waals surface area contributed by atoms with E-state index in [2.05, 4.69) is 56.9 Å². The fraction of sp³-hybridized carbons (Fsp3) is 0.400. The number of nitrogens with zero attached hydrogens (tertiary/aromatic N) is 2. The highest BCUT2D eigenvalue weighted by molar-refractivity contribution is 5.99. The monoisotopic (exact) mass is 451 g/mol. The molecule has 0 bridgehead atoms. The number of aryl methyl sites for hydroxylation is 1. The van der Waals surface area contributed by atoms with E-state index in [1.165, 1.54) is 25.1 Å². The van der Waals surface area contributed by atoms with Crippen LogP contribution in [0.25, 0.3) is 0 Å². The van der Waals surface area contributed by atoms with E-state index in [1.54, 1.807) is 18.2 Å². The molecule has 0 atom stereocenters. The number of piperazine rings is 1. The van der Waals surface area contributed by atoms with Crippen LogP contribution in [0.4, 0.5) is 17.1 Å². The summed E-state index contributed by atoms with van der Waals surface area (Å²) in [5.74, 6) is -0.731. The summed E-state index contributed by atoms with van der Waals surface area (Å²) in [5, 5.41) is 8.26. The van der Waals surface area contributed by atoms with Gasteiger partial charge in [0.25, 0.3) is 5.91 Å². The zero-order chi connectivity index (χ0) is 23.8. The quantitative estimate of drug-likeness (QED) is 0.537. The third-order valence-electron chi connectivity index (χ3n) is 5.51. The maximum Gasteiger partial charge on any atom is 0.251 e. The third-order valence-corrected chi connectivity index (χ3v) is 5.51. The van der Waals surface area contributed by atoms with E-state index in [-0.39, 0.29) is 17.7 Å². The normalized spacial score (nSPS) is 14.0. The fourth-order valence-corrected chi connectivity index (χ4v) is 3.97. The van der Waals surface area contributed by atoms with Gasteiger partial charge in [-0.25, -0.2) is 0 Å². The molecule has 2 aromatic carbocycles. The first kappa shape index (κ1) is 24.3. The Bertz CT molecular complexity index is 965. The number of carbonyl (C=O) groups is 3. The minimum atomic E-state index is -0.246. The first-order chi connectivity index (χ1) is 15.8. The molecule has 0 saturated carbocycles. The third kappa shape index (κ3) is 7.61. The van der Waals surface area contributed by atoms with Gasteiger partial charge in [-0.1, -0.05) is 12.1 Å². The Morgan fingerprint density at radius 2 is 1.52 bits per heavy atom. The Morgan fingerprint density at radius 3 is 2.09 bits per heavy atom. The predicted octanol–water partition coefficient (Wildman–Crippen LogP) is 2.85. The van der Waals surface area contributed by atoms with E-state index in [0.29, 0.717) is 23.5 Å². The molecule has 2 aromatic rings. The van der Waals surface area contributed by atoms with Crippen molar-refractivity contribution < 1.29 is 14.4 Å². The SMILES string of the molecule is CC(=O)Nc1cc(NC(C)=O)cc(C(=O)NCCCN2CCN(c3cccc(C)c3)CC2)c1. The highest BCUT2D eigenvalue weighted by Crippen LogP contribution is 2.20. The number of benzene rings is 2. The largest absolute Gasteiger partial charge is 0.369 e. The van der Waals surface area contributed by atoms with Crippen LogP contribution in [0, 0.1) is 6.92 Å². The summed E-state index contributed by atoms with van der Waals surface area (Å²) in [6.07, 6.45) is 0.847. The van der Waals surface area contributed by atoms with Crippen LogP contribution >= 0.6 is 0 Å². The maximum absolute atomic E-state index is 12.6. The lowest BCUT2D eigenvalue weighted by Gasteiger charge is -2.36. The second kappa shape index (κ2) is 11.5. The smallest absolute Gasteiger partial charge is 0.251 e. The second-order valence-electron chi connectivity index (χ2n) is 8.44.